The first kappa shape index (κ1) is 22.8. The first-order chi connectivity index (χ1) is 9.08. The second-order valence-corrected chi connectivity index (χ2v) is 4.53. The molecule has 1 aromatic rings. The molecule has 0 aromatic carbocycles. The summed E-state index contributed by atoms with van der Waals surface area (Å²) >= 11 is 0. The monoisotopic (exact) mass is 346 g/mol. The number of halogens is 4. The molecule has 0 aliphatic rings. The molecule has 21 heavy (non-hydrogen) atoms. The van der Waals surface area contributed by atoms with E-state index >= 15 is 0 Å². The van der Waals surface area contributed by atoms with Gasteiger partial charge in [-0.1, -0.05) is 13.8 Å². The minimum atomic E-state index is -2.36. The van der Waals surface area contributed by atoms with Crippen LogP contribution >= 0.6 is 24.8 Å². The molecule has 8 heteroatoms. The molecule has 0 radical (unpaired) electrons. The Morgan fingerprint density at radius 3 is 2.43 bits per heavy atom. The van der Waals surface area contributed by atoms with Crippen molar-refractivity contribution >= 4 is 24.8 Å². The van der Waals surface area contributed by atoms with E-state index in [1.807, 2.05) is 6.92 Å². The Bertz CT molecular complexity index is 371. The highest BCUT2D eigenvalue weighted by molar-refractivity contribution is 5.85. The fourth-order valence-electron chi connectivity index (χ4n) is 1.97. The normalized spacial score (nSPS) is 10.6. The molecule has 126 valence electrons. The summed E-state index contributed by atoms with van der Waals surface area (Å²) in [5.74, 6) is 0. The van der Waals surface area contributed by atoms with Crippen LogP contribution in [0.15, 0.2) is 6.20 Å². The Morgan fingerprint density at radius 2 is 1.90 bits per heavy atom. The summed E-state index contributed by atoms with van der Waals surface area (Å²) in [6, 6.07) is 0. The van der Waals surface area contributed by atoms with Crippen LogP contribution in [0.3, 0.4) is 0 Å². The largest absolute Gasteiger partial charge is 0.311 e. The lowest BCUT2D eigenvalue weighted by Gasteiger charge is -2.17. The number of likely N-dealkylation sites (N-methyl/N-ethyl adjacent to an activating group) is 1. The van der Waals surface area contributed by atoms with Gasteiger partial charge >= 0.3 is 0 Å². The van der Waals surface area contributed by atoms with Crippen molar-refractivity contribution in [2.45, 2.75) is 40.3 Å². The average Bonchev–Trinajstić information content (AvgIpc) is 2.71. The minimum absolute atomic E-state index is 0. The van der Waals surface area contributed by atoms with Crippen molar-refractivity contribution in [2.75, 3.05) is 26.2 Å². The lowest BCUT2D eigenvalue weighted by Crippen LogP contribution is -2.31. The molecule has 1 aromatic heterocycles. The smallest absolute Gasteiger partial charge is 0.257 e. The molecule has 0 unspecified atom stereocenters. The van der Waals surface area contributed by atoms with Crippen LogP contribution in [0.2, 0.25) is 0 Å². The van der Waals surface area contributed by atoms with Crippen molar-refractivity contribution in [2.24, 2.45) is 0 Å². The highest BCUT2D eigenvalue weighted by Crippen LogP contribution is 2.08. The fourth-order valence-corrected chi connectivity index (χ4v) is 1.97. The summed E-state index contributed by atoms with van der Waals surface area (Å²) in [5, 5.41) is 7.31. The van der Waals surface area contributed by atoms with E-state index in [0.29, 0.717) is 6.54 Å². The molecule has 4 nitrogen and oxygen atoms in total. The van der Waals surface area contributed by atoms with Gasteiger partial charge in [-0.05, 0) is 20.0 Å². The van der Waals surface area contributed by atoms with Crippen molar-refractivity contribution in [1.29, 1.82) is 0 Å². The number of nitrogens with zero attached hydrogens (tertiary/aromatic N) is 3. The Labute approximate surface area is 138 Å². The number of aromatic nitrogens is 2. The predicted octanol–water partition coefficient (Wildman–Crippen LogP) is 2.73. The van der Waals surface area contributed by atoms with Gasteiger partial charge in [0.25, 0.3) is 6.43 Å². The van der Waals surface area contributed by atoms with Crippen molar-refractivity contribution < 1.29 is 8.78 Å². The summed E-state index contributed by atoms with van der Waals surface area (Å²) in [6.07, 6.45) is -0.690. The third-order valence-electron chi connectivity index (χ3n) is 3.33. The second kappa shape index (κ2) is 12.1. The third-order valence-corrected chi connectivity index (χ3v) is 3.33. The zero-order valence-corrected chi connectivity index (χ0v) is 14.4. The highest BCUT2D eigenvalue weighted by atomic mass is 35.5. The van der Waals surface area contributed by atoms with Crippen LogP contribution in [0.25, 0.3) is 0 Å². The molecular weight excluding hydrogens is 321 g/mol. The Hall–Kier alpha value is -0.430. The van der Waals surface area contributed by atoms with E-state index < -0.39 is 6.43 Å². The summed E-state index contributed by atoms with van der Waals surface area (Å²) in [5.41, 5.74) is 1.80. The maximum atomic E-state index is 12.3. The molecule has 0 amide bonds. The first-order valence-corrected chi connectivity index (χ1v) is 6.80. The highest BCUT2D eigenvalue weighted by Gasteiger charge is 2.10. The topological polar surface area (TPSA) is 33.1 Å². The van der Waals surface area contributed by atoms with Gasteiger partial charge < -0.3 is 10.2 Å². The van der Waals surface area contributed by atoms with Gasteiger partial charge in [-0.25, -0.2) is 8.78 Å². The summed E-state index contributed by atoms with van der Waals surface area (Å²) in [6.45, 7) is 10.4. The maximum absolute atomic E-state index is 12.3. The summed E-state index contributed by atoms with van der Waals surface area (Å²) in [7, 11) is 0. The molecular formula is C13H26Cl2F2N4. The zero-order valence-electron chi connectivity index (χ0n) is 12.8. The first-order valence-electron chi connectivity index (χ1n) is 6.80. The molecule has 1 rings (SSSR count). The Morgan fingerprint density at radius 1 is 1.29 bits per heavy atom. The van der Waals surface area contributed by atoms with Crippen LogP contribution in [0.1, 0.15) is 25.1 Å². The number of nitrogens with one attached hydrogen (secondary N) is 1. The van der Waals surface area contributed by atoms with Gasteiger partial charge in [-0.3, -0.25) is 4.68 Å². The molecule has 0 fully saturated rings. The van der Waals surface area contributed by atoms with E-state index in [-0.39, 0.29) is 31.4 Å². The fraction of sp³-hybridized carbons (Fsp3) is 0.769. The van der Waals surface area contributed by atoms with Crippen molar-refractivity contribution in [3.05, 3.63) is 17.5 Å². The van der Waals surface area contributed by atoms with E-state index in [1.54, 1.807) is 6.20 Å². The second-order valence-electron chi connectivity index (χ2n) is 4.53. The molecule has 0 aliphatic heterocycles. The van der Waals surface area contributed by atoms with Crippen LogP contribution in [0.5, 0.6) is 0 Å². The molecule has 0 saturated carbocycles. The number of hydrogen-bond donors (Lipinski definition) is 1. The standard InChI is InChI=1S/C13H24F2N4.2ClH/c1-4-18(5-2)7-6-16-8-12-9-17-19(11(12)3)10-13(14)15;;/h9,13,16H,4-8,10H2,1-3H3;2*1H. The Kier molecular flexibility index (Phi) is 13.2. The summed E-state index contributed by atoms with van der Waals surface area (Å²) in [4.78, 5) is 2.33. The van der Waals surface area contributed by atoms with Crippen LogP contribution in [-0.2, 0) is 13.1 Å². The average molecular weight is 347 g/mol. The molecule has 0 spiro atoms. The quantitative estimate of drug-likeness (QED) is 0.698. The van der Waals surface area contributed by atoms with Gasteiger partial charge in [0.2, 0.25) is 0 Å². The van der Waals surface area contributed by atoms with E-state index in [1.165, 1.54) is 4.68 Å². The van der Waals surface area contributed by atoms with Gasteiger partial charge in [-0.2, -0.15) is 5.10 Å². The van der Waals surface area contributed by atoms with Gasteiger partial charge in [-0.15, -0.1) is 24.8 Å². The van der Waals surface area contributed by atoms with Crippen LogP contribution in [0, 0.1) is 6.92 Å². The number of hydrogen-bond acceptors (Lipinski definition) is 3. The number of rotatable bonds is 9. The molecule has 1 heterocycles. The maximum Gasteiger partial charge on any atom is 0.257 e. The van der Waals surface area contributed by atoms with Crippen molar-refractivity contribution in [1.82, 2.24) is 20.0 Å². The third kappa shape index (κ3) is 7.95. The van der Waals surface area contributed by atoms with Crippen LogP contribution in [-0.4, -0.2) is 47.3 Å². The molecule has 0 atom stereocenters. The number of alkyl halides is 2. The van der Waals surface area contributed by atoms with Crippen molar-refractivity contribution in [3.63, 3.8) is 0 Å². The van der Waals surface area contributed by atoms with E-state index in [0.717, 1.165) is 37.4 Å². The summed E-state index contributed by atoms with van der Waals surface area (Å²) < 4.78 is 26.0. The van der Waals surface area contributed by atoms with Crippen LogP contribution in [0.4, 0.5) is 8.78 Å². The molecule has 0 aliphatic carbocycles. The van der Waals surface area contributed by atoms with Gasteiger partial charge in [0.15, 0.2) is 0 Å². The van der Waals surface area contributed by atoms with Gasteiger partial charge in [0, 0.05) is 30.9 Å². The van der Waals surface area contributed by atoms with Gasteiger partial charge in [0.05, 0.1) is 6.20 Å². The SMILES string of the molecule is CCN(CC)CCNCc1cnn(CC(F)F)c1C.Cl.Cl. The predicted molar refractivity (Wildman–Crippen MR) is 87.0 cm³/mol. The molecule has 1 N–H and O–H groups in total. The molecule has 0 bridgehead atoms. The minimum Gasteiger partial charge on any atom is -0.311 e. The van der Waals surface area contributed by atoms with E-state index in [9.17, 15) is 8.78 Å². The lowest BCUT2D eigenvalue weighted by atomic mass is 10.2. The zero-order chi connectivity index (χ0) is 14.3. The van der Waals surface area contributed by atoms with Crippen molar-refractivity contribution in [3.8, 4) is 0 Å². The van der Waals surface area contributed by atoms with E-state index in [4.69, 9.17) is 0 Å². The Balaban J connectivity index is 0. The van der Waals surface area contributed by atoms with Crippen LogP contribution < -0.4 is 5.32 Å². The molecule has 0 saturated heterocycles. The van der Waals surface area contributed by atoms with Gasteiger partial charge in [0.1, 0.15) is 6.54 Å². The lowest BCUT2D eigenvalue weighted by molar-refractivity contribution is 0.121. The van der Waals surface area contributed by atoms with E-state index in [2.05, 4.69) is 29.2 Å².